The molecule has 5 nitrogen and oxygen atoms in total. The molecule has 0 unspecified atom stereocenters. The molecular weight excluding hydrogens is 376 g/mol. The molecule has 0 aliphatic rings. The van der Waals surface area contributed by atoms with Crippen LogP contribution in [-0.2, 0) is 6.54 Å². The smallest absolute Gasteiger partial charge is 0.259 e. The third kappa shape index (κ3) is 3.11. The number of benzene rings is 1. The zero-order valence-electron chi connectivity index (χ0n) is 15.4. The standard InChI is InChI=1S/C20H20N4OS2/c1-5-10-24-15-9-7-6-8-14(15)21-20(24)27-13(4)17-22-18(25)16-11(2)12(3)26-19(16)23-17/h5-9,13H,1,10H2,2-4H3,(H,22,23,25)/t13-/m1/s1. The first-order chi connectivity index (χ1) is 13.0. The van der Waals surface area contributed by atoms with Crippen molar-refractivity contribution in [2.45, 2.75) is 37.7 Å². The van der Waals surface area contributed by atoms with E-state index in [0.717, 1.165) is 31.5 Å². The molecule has 0 saturated heterocycles. The van der Waals surface area contributed by atoms with Crippen LogP contribution in [0.25, 0.3) is 21.3 Å². The highest BCUT2D eigenvalue weighted by Gasteiger charge is 2.19. The minimum atomic E-state index is -0.0658. The van der Waals surface area contributed by atoms with E-state index in [1.807, 2.05) is 45.0 Å². The van der Waals surface area contributed by atoms with E-state index in [-0.39, 0.29) is 10.8 Å². The predicted molar refractivity (Wildman–Crippen MR) is 114 cm³/mol. The van der Waals surface area contributed by atoms with Crippen LogP contribution >= 0.6 is 23.1 Å². The van der Waals surface area contributed by atoms with Crippen LogP contribution in [-0.4, -0.2) is 19.5 Å². The predicted octanol–water partition coefficient (Wildman–Crippen LogP) is 4.99. The summed E-state index contributed by atoms with van der Waals surface area (Å²) in [7, 11) is 0. The zero-order valence-corrected chi connectivity index (χ0v) is 17.1. The number of hydrogen-bond donors (Lipinski definition) is 1. The van der Waals surface area contributed by atoms with Crippen LogP contribution in [0.3, 0.4) is 0 Å². The van der Waals surface area contributed by atoms with Crippen LogP contribution in [0, 0.1) is 13.8 Å². The lowest BCUT2D eigenvalue weighted by molar-refractivity contribution is 0.744. The summed E-state index contributed by atoms with van der Waals surface area (Å²) in [5.74, 6) is 0.677. The first-order valence-corrected chi connectivity index (χ1v) is 10.4. The number of thioether (sulfide) groups is 1. The number of aromatic amines is 1. The fourth-order valence-corrected chi connectivity index (χ4v) is 5.15. The lowest BCUT2D eigenvalue weighted by Gasteiger charge is -2.11. The first kappa shape index (κ1) is 18.0. The van der Waals surface area contributed by atoms with Gasteiger partial charge in [-0.1, -0.05) is 30.0 Å². The van der Waals surface area contributed by atoms with Gasteiger partial charge in [-0.3, -0.25) is 4.79 Å². The van der Waals surface area contributed by atoms with Crippen LogP contribution in [0.2, 0.25) is 0 Å². The molecule has 3 aromatic heterocycles. The van der Waals surface area contributed by atoms with E-state index in [1.165, 1.54) is 0 Å². The maximum Gasteiger partial charge on any atom is 0.259 e. The Kier molecular flexibility index (Phi) is 4.65. The molecular formula is C20H20N4OS2. The molecule has 0 saturated carbocycles. The van der Waals surface area contributed by atoms with Crippen molar-refractivity contribution in [2.75, 3.05) is 0 Å². The minimum Gasteiger partial charge on any atom is -0.315 e. The summed E-state index contributed by atoms with van der Waals surface area (Å²) in [4.78, 5) is 27.0. The number of hydrogen-bond acceptors (Lipinski definition) is 5. The molecule has 4 aromatic rings. The quantitative estimate of drug-likeness (QED) is 0.381. The van der Waals surface area contributed by atoms with Crippen molar-refractivity contribution in [3.05, 3.63) is 63.5 Å². The van der Waals surface area contributed by atoms with Crippen LogP contribution in [0.1, 0.15) is 28.4 Å². The van der Waals surface area contributed by atoms with Gasteiger partial charge in [0.2, 0.25) is 0 Å². The van der Waals surface area contributed by atoms with Gasteiger partial charge < -0.3 is 9.55 Å². The molecule has 0 spiro atoms. The molecule has 0 fully saturated rings. The monoisotopic (exact) mass is 396 g/mol. The Morgan fingerprint density at radius 1 is 1.33 bits per heavy atom. The van der Waals surface area contributed by atoms with Gasteiger partial charge in [0.25, 0.3) is 5.56 Å². The number of rotatable bonds is 5. The second kappa shape index (κ2) is 6.98. The molecule has 7 heteroatoms. The Morgan fingerprint density at radius 2 is 2.11 bits per heavy atom. The lowest BCUT2D eigenvalue weighted by atomic mass is 10.2. The zero-order chi connectivity index (χ0) is 19.1. The highest BCUT2D eigenvalue weighted by molar-refractivity contribution is 7.99. The van der Waals surface area contributed by atoms with E-state index in [9.17, 15) is 4.79 Å². The van der Waals surface area contributed by atoms with E-state index in [4.69, 9.17) is 9.97 Å². The van der Waals surface area contributed by atoms with Crippen LogP contribution in [0.15, 0.2) is 46.9 Å². The van der Waals surface area contributed by atoms with Gasteiger partial charge in [-0.15, -0.1) is 17.9 Å². The highest BCUT2D eigenvalue weighted by Crippen LogP contribution is 2.35. The molecule has 0 bridgehead atoms. The average Bonchev–Trinajstić information content (AvgIpc) is 3.13. The third-order valence-corrected chi connectivity index (χ3v) is 6.86. The SMILES string of the molecule is C=CCn1c(S[C@H](C)c2nc3sc(C)c(C)c3c(=O)[nH]2)nc2ccccc21. The second-order valence-corrected chi connectivity index (χ2v) is 8.97. The van der Waals surface area contributed by atoms with Crippen LogP contribution in [0.5, 0.6) is 0 Å². The molecule has 0 aliphatic heterocycles. The summed E-state index contributed by atoms with van der Waals surface area (Å²) >= 11 is 3.16. The van der Waals surface area contributed by atoms with Crippen molar-refractivity contribution in [3.63, 3.8) is 0 Å². The number of thiophene rings is 1. The summed E-state index contributed by atoms with van der Waals surface area (Å²) in [5, 5.41) is 1.56. The van der Waals surface area contributed by atoms with Crippen molar-refractivity contribution in [2.24, 2.45) is 0 Å². The number of H-pyrrole nitrogens is 1. The molecule has 3 heterocycles. The van der Waals surface area contributed by atoms with Gasteiger partial charge in [-0.2, -0.15) is 0 Å². The topological polar surface area (TPSA) is 63.6 Å². The minimum absolute atomic E-state index is 0.0369. The molecule has 1 N–H and O–H groups in total. The van der Waals surface area contributed by atoms with Gasteiger partial charge in [0, 0.05) is 11.4 Å². The van der Waals surface area contributed by atoms with Gasteiger partial charge in [-0.25, -0.2) is 9.97 Å². The van der Waals surface area contributed by atoms with Gasteiger partial charge >= 0.3 is 0 Å². The molecule has 1 atom stereocenters. The van der Waals surface area contributed by atoms with Gasteiger partial charge in [0.1, 0.15) is 10.7 Å². The van der Waals surface area contributed by atoms with Crippen molar-refractivity contribution >= 4 is 44.3 Å². The number of fused-ring (bicyclic) bond motifs is 2. The number of nitrogens with one attached hydrogen (secondary N) is 1. The Labute approximate surface area is 165 Å². The highest BCUT2D eigenvalue weighted by atomic mass is 32.2. The number of aromatic nitrogens is 4. The maximum atomic E-state index is 12.6. The van der Waals surface area contributed by atoms with E-state index in [0.29, 0.717) is 17.8 Å². The van der Waals surface area contributed by atoms with Crippen molar-refractivity contribution in [1.82, 2.24) is 19.5 Å². The molecule has 138 valence electrons. The van der Waals surface area contributed by atoms with Crippen molar-refractivity contribution in [1.29, 1.82) is 0 Å². The van der Waals surface area contributed by atoms with E-state index in [2.05, 4.69) is 22.2 Å². The Hall–Kier alpha value is -2.38. The Balaban J connectivity index is 1.74. The summed E-state index contributed by atoms with van der Waals surface area (Å²) in [6, 6.07) is 8.06. The summed E-state index contributed by atoms with van der Waals surface area (Å²) < 4.78 is 2.14. The molecule has 0 amide bonds. The number of aryl methyl sites for hydroxylation is 2. The normalized spacial score (nSPS) is 12.7. The molecule has 1 aromatic carbocycles. The Bertz CT molecular complexity index is 1220. The van der Waals surface area contributed by atoms with E-state index in [1.54, 1.807) is 23.1 Å². The molecule has 27 heavy (non-hydrogen) atoms. The fraction of sp³-hybridized carbons (Fsp3) is 0.250. The number of para-hydroxylation sites is 2. The largest absolute Gasteiger partial charge is 0.315 e. The summed E-state index contributed by atoms with van der Waals surface area (Å²) in [6.07, 6.45) is 1.87. The lowest BCUT2D eigenvalue weighted by Crippen LogP contribution is -2.12. The van der Waals surface area contributed by atoms with Crippen molar-refractivity contribution in [3.8, 4) is 0 Å². The van der Waals surface area contributed by atoms with E-state index < -0.39 is 0 Å². The number of imidazole rings is 1. The molecule has 0 radical (unpaired) electrons. The number of allylic oxidation sites excluding steroid dienone is 1. The fourth-order valence-electron chi connectivity index (χ4n) is 3.13. The van der Waals surface area contributed by atoms with Gasteiger partial charge in [-0.05, 0) is 38.5 Å². The third-order valence-electron chi connectivity index (χ3n) is 4.66. The second-order valence-electron chi connectivity index (χ2n) is 6.46. The van der Waals surface area contributed by atoms with Gasteiger partial charge in [0.15, 0.2) is 5.16 Å². The molecule has 4 rings (SSSR count). The van der Waals surface area contributed by atoms with Crippen molar-refractivity contribution < 1.29 is 0 Å². The summed E-state index contributed by atoms with van der Waals surface area (Å²) in [5.41, 5.74) is 2.98. The average molecular weight is 397 g/mol. The number of nitrogens with zero attached hydrogens (tertiary/aromatic N) is 3. The Morgan fingerprint density at radius 3 is 2.89 bits per heavy atom. The van der Waals surface area contributed by atoms with Gasteiger partial charge in [0.05, 0.1) is 21.7 Å². The van der Waals surface area contributed by atoms with E-state index >= 15 is 0 Å². The van der Waals surface area contributed by atoms with Crippen LogP contribution < -0.4 is 5.56 Å². The molecule has 0 aliphatic carbocycles. The van der Waals surface area contributed by atoms with Crippen LogP contribution in [0.4, 0.5) is 0 Å². The first-order valence-electron chi connectivity index (χ1n) is 8.72. The maximum absolute atomic E-state index is 12.6. The summed E-state index contributed by atoms with van der Waals surface area (Å²) in [6.45, 7) is 10.6.